The number of halogens is 3. The zero-order chi connectivity index (χ0) is 9.19. The van der Waals surface area contributed by atoms with Crippen molar-refractivity contribution < 1.29 is 22.6 Å². The molecule has 0 saturated heterocycles. The zero-order valence-corrected chi connectivity index (χ0v) is 6.73. The molecule has 0 amide bonds. The van der Waals surface area contributed by atoms with Crippen molar-refractivity contribution in [3.63, 3.8) is 0 Å². The number of ether oxygens (including phenoxy) is 2. The van der Waals surface area contributed by atoms with Crippen LogP contribution in [0.5, 0.6) is 0 Å². The summed E-state index contributed by atoms with van der Waals surface area (Å²) in [7, 11) is 0. The molecule has 0 aromatic heterocycles. The highest BCUT2D eigenvalue weighted by molar-refractivity contribution is 4.81. The molecular formula is C7H11F3O2. The normalized spacial score (nSPS) is 30.0. The molecule has 0 atom stereocenters. The standard InChI is InChI=1S/C7H11F3O2/c1-2-11-5-3-6(4-5)12-7(8,9)10/h5-6H,2-4H2,1H3. The van der Waals surface area contributed by atoms with Crippen LogP contribution in [0, 0.1) is 0 Å². The predicted molar refractivity (Wildman–Crippen MR) is 35.6 cm³/mol. The van der Waals surface area contributed by atoms with Gasteiger partial charge in [0.1, 0.15) is 0 Å². The lowest BCUT2D eigenvalue weighted by molar-refractivity contribution is -0.357. The third-order valence-electron chi connectivity index (χ3n) is 1.75. The molecule has 0 aromatic carbocycles. The van der Waals surface area contributed by atoms with Crippen LogP contribution in [-0.4, -0.2) is 25.2 Å². The Hall–Kier alpha value is -0.290. The highest BCUT2D eigenvalue weighted by atomic mass is 19.4. The lowest BCUT2D eigenvalue weighted by Crippen LogP contribution is -2.40. The lowest BCUT2D eigenvalue weighted by Gasteiger charge is -2.34. The first-order valence-electron chi connectivity index (χ1n) is 3.87. The van der Waals surface area contributed by atoms with E-state index in [-0.39, 0.29) is 6.10 Å². The Balaban J connectivity index is 2.10. The van der Waals surface area contributed by atoms with E-state index in [1.54, 1.807) is 0 Å². The Morgan fingerprint density at radius 1 is 1.25 bits per heavy atom. The fourth-order valence-corrected chi connectivity index (χ4v) is 1.17. The molecule has 1 aliphatic carbocycles. The third kappa shape index (κ3) is 2.98. The van der Waals surface area contributed by atoms with Gasteiger partial charge in [0.05, 0.1) is 12.2 Å². The minimum atomic E-state index is -4.50. The van der Waals surface area contributed by atoms with Gasteiger partial charge in [-0.05, 0) is 6.92 Å². The second kappa shape index (κ2) is 3.62. The molecule has 1 fully saturated rings. The second-order valence-electron chi connectivity index (χ2n) is 2.73. The van der Waals surface area contributed by atoms with Gasteiger partial charge in [0.15, 0.2) is 0 Å². The summed E-state index contributed by atoms with van der Waals surface area (Å²) in [4.78, 5) is 0. The summed E-state index contributed by atoms with van der Waals surface area (Å²) < 4.78 is 43.6. The third-order valence-corrected chi connectivity index (χ3v) is 1.75. The predicted octanol–water partition coefficient (Wildman–Crippen LogP) is 2.09. The summed E-state index contributed by atoms with van der Waals surface area (Å²) >= 11 is 0. The van der Waals surface area contributed by atoms with Crippen LogP contribution in [0.1, 0.15) is 19.8 Å². The Labute approximate surface area is 68.6 Å². The molecule has 0 aromatic rings. The Morgan fingerprint density at radius 3 is 2.25 bits per heavy atom. The van der Waals surface area contributed by atoms with E-state index >= 15 is 0 Å². The van der Waals surface area contributed by atoms with E-state index in [1.807, 2.05) is 6.92 Å². The van der Waals surface area contributed by atoms with E-state index in [0.29, 0.717) is 19.4 Å². The zero-order valence-electron chi connectivity index (χ0n) is 6.73. The van der Waals surface area contributed by atoms with Gasteiger partial charge >= 0.3 is 6.36 Å². The Morgan fingerprint density at radius 2 is 1.83 bits per heavy atom. The van der Waals surface area contributed by atoms with Crippen molar-refractivity contribution in [2.24, 2.45) is 0 Å². The van der Waals surface area contributed by atoms with Crippen molar-refractivity contribution >= 4 is 0 Å². The maximum Gasteiger partial charge on any atom is 0.522 e. The topological polar surface area (TPSA) is 18.5 Å². The van der Waals surface area contributed by atoms with Gasteiger partial charge in [-0.25, -0.2) is 0 Å². The van der Waals surface area contributed by atoms with Crippen LogP contribution >= 0.6 is 0 Å². The fourth-order valence-electron chi connectivity index (χ4n) is 1.17. The highest BCUT2D eigenvalue weighted by Crippen LogP contribution is 2.31. The smallest absolute Gasteiger partial charge is 0.378 e. The van der Waals surface area contributed by atoms with Crippen LogP contribution in [-0.2, 0) is 9.47 Å². The minimum Gasteiger partial charge on any atom is -0.378 e. The van der Waals surface area contributed by atoms with Crippen molar-refractivity contribution in [2.75, 3.05) is 6.61 Å². The molecule has 0 radical (unpaired) electrons. The molecule has 1 aliphatic rings. The Bertz CT molecular complexity index is 140. The molecule has 1 saturated carbocycles. The SMILES string of the molecule is CCOC1CC(OC(F)(F)F)C1. The molecule has 0 spiro atoms. The average molecular weight is 184 g/mol. The number of alkyl halides is 3. The van der Waals surface area contributed by atoms with Gasteiger partial charge in [-0.2, -0.15) is 0 Å². The summed E-state index contributed by atoms with van der Waals surface area (Å²) in [6.45, 7) is 2.36. The van der Waals surface area contributed by atoms with Crippen LogP contribution in [0.25, 0.3) is 0 Å². The summed E-state index contributed by atoms with van der Waals surface area (Å²) in [5, 5.41) is 0. The molecular weight excluding hydrogens is 173 g/mol. The fraction of sp³-hybridized carbons (Fsp3) is 1.00. The number of rotatable bonds is 3. The van der Waals surface area contributed by atoms with Crippen LogP contribution in [0.3, 0.4) is 0 Å². The lowest BCUT2D eigenvalue weighted by atomic mass is 9.92. The van der Waals surface area contributed by atoms with Crippen LogP contribution in [0.15, 0.2) is 0 Å². The minimum absolute atomic E-state index is 0.0395. The van der Waals surface area contributed by atoms with Crippen molar-refractivity contribution in [3.05, 3.63) is 0 Å². The van der Waals surface area contributed by atoms with E-state index in [4.69, 9.17) is 4.74 Å². The molecule has 0 unspecified atom stereocenters. The van der Waals surface area contributed by atoms with Gasteiger partial charge < -0.3 is 4.74 Å². The second-order valence-corrected chi connectivity index (χ2v) is 2.73. The van der Waals surface area contributed by atoms with Gasteiger partial charge in [0, 0.05) is 19.4 Å². The molecule has 72 valence electrons. The van der Waals surface area contributed by atoms with Crippen molar-refractivity contribution in [2.45, 2.75) is 38.3 Å². The first-order chi connectivity index (χ1) is 5.51. The van der Waals surface area contributed by atoms with Gasteiger partial charge in [-0.3, -0.25) is 4.74 Å². The van der Waals surface area contributed by atoms with Crippen LogP contribution < -0.4 is 0 Å². The molecule has 5 heteroatoms. The quantitative estimate of drug-likeness (QED) is 0.668. The van der Waals surface area contributed by atoms with E-state index in [0.717, 1.165) is 0 Å². The van der Waals surface area contributed by atoms with E-state index in [9.17, 15) is 13.2 Å². The summed E-state index contributed by atoms with van der Waals surface area (Å²) in [6, 6.07) is 0. The molecule has 0 aliphatic heterocycles. The molecule has 12 heavy (non-hydrogen) atoms. The maximum absolute atomic E-state index is 11.6. The monoisotopic (exact) mass is 184 g/mol. The molecule has 0 bridgehead atoms. The van der Waals surface area contributed by atoms with Crippen molar-refractivity contribution in [3.8, 4) is 0 Å². The van der Waals surface area contributed by atoms with Crippen LogP contribution in [0.4, 0.5) is 13.2 Å². The van der Waals surface area contributed by atoms with Gasteiger partial charge in [-0.15, -0.1) is 13.2 Å². The summed E-state index contributed by atoms with van der Waals surface area (Å²) in [5.74, 6) is 0. The number of hydrogen-bond acceptors (Lipinski definition) is 2. The van der Waals surface area contributed by atoms with E-state index in [2.05, 4.69) is 4.74 Å². The molecule has 1 rings (SSSR count). The molecule has 2 nitrogen and oxygen atoms in total. The van der Waals surface area contributed by atoms with E-state index in [1.165, 1.54) is 0 Å². The van der Waals surface area contributed by atoms with Crippen molar-refractivity contribution in [1.29, 1.82) is 0 Å². The Kier molecular flexibility index (Phi) is 2.95. The first-order valence-corrected chi connectivity index (χ1v) is 3.87. The average Bonchev–Trinajstić information content (AvgIpc) is 1.80. The highest BCUT2D eigenvalue weighted by Gasteiger charge is 2.40. The van der Waals surface area contributed by atoms with Crippen LogP contribution in [0.2, 0.25) is 0 Å². The summed E-state index contributed by atoms with van der Waals surface area (Å²) in [5.41, 5.74) is 0. The largest absolute Gasteiger partial charge is 0.522 e. The van der Waals surface area contributed by atoms with Gasteiger partial charge in [-0.1, -0.05) is 0 Å². The first kappa shape index (κ1) is 9.80. The maximum atomic E-state index is 11.6. The number of hydrogen-bond donors (Lipinski definition) is 0. The van der Waals surface area contributed by atoms with Gasteiger partial charge in [0.2, 0.25) is 0 Å². The van der Waals surface area contributed by atoms with Gasteiger partial charge in [0.25, 0.3) is 0 Å². The molecule has 0 N–H and O–H groups in total. The van der Waals surface area contributed by atoms with Crippen molar-refractivity contribution in [1.82, 2.24) is 0 Å². The molecule has 0 heterocycles. The van der Waals surface area contributed by atoms with E-state index < -0.39 is 12.5 Å². The summed E-state index contributed by atoms with van der Waals surface area (Å²) in [6.07, 6.45) is -4.52.